The molecule has 0 spiro atoms. The van der Waals surface area contributed by atoms with E-state index in [1.165, 1.54) is 0 Å². The summed E-state index contributed by atoms with van der Waals surface area (Å²) in [4.78, 5) is 0. The van der Waals surface area contributed by atoms with Crippen molar-refractivity contribution in [3.8, 4) is 17.6 Å². The Bertz CT molecular complexity index is 389. The zero-order valence-corrected chi connectivity index (χ0v) is 11.1. The molecule has 1 aromatic rings. The standard InChI is InChI=1S/C15H21NO2/c1-3-13(2)17-11-12-18-15-8-6-14(7-9-15)5-4-10-16/h6-9,13H,3,10-12,16H2,1-2H3. The lowest BCUT2D eigenvalue weighted by Gasteiger charge is -2.11. The van der Waals surface area contributed by atoms with Crippen molar-refractivity contribution in [1.29, 1.82) is 0 Å². The zero-order chi connectivity index (χ0) is 13.2. The fraction of sp³-hybridized carbons (Fsp3) is 0.467. The van der Waals surface area contributed by atoms with Gasteiger partial charge in [-0.05, 0) is 37.6 Å². The molecule has 1 unspecified atom stereocenters. The van der Waals surface area contributed by atoms with Crippen LogP contribution in [0, 0.1) is 11.8 Å². The Hall–Kier alpha value is -1.50. The minimum Gasteiger partial charge on any atom is -0.491 e. The first kappa shape index (κ1) is 14.6. The van der Waals surface area contributed by atoms with E-state index in [9.17, 15) is 0 Å². The van der Waals surface area contributed by atoms with E-state index in [4.69, 9.17) is 15.2 Å². The summed E-state index contributed by atoms with van der Waals surface area (Å²) in [5.74, 6) is 6.61. The van der Waals surface area contributed by atoms with Crippen molar-refractivity contribution in [2.75, 3.05) is 19.8 Å². The number of benzene rings is 1. The highest BCUT2D eigenvalue weighted by molar-refractivity contribution is 5.38. The molecule has 2 N–H and O–H groups in total. The Morgan fingerprint density at radius 3 is 2.56 bits per heavy atom. The van der Waals surface area contributed by atoms with Crippen LogP contribution >= 0.6 is 0 Å². The van der Waals surface area contributed by atoms with Crippen LogP contribution in [0.2, 0.25) is 0 Å². The minimum absolute atomic E-state index is 0.294. The molecular formula is C15H21NO2. The van der Waals surface area contributed by atoms with E-state index in [2.05, 4.69) is 25.7 Å². The van der Waals surface area contributed by atoms with Crippen molar-refractivity contribution in [2.45, 2.75) is 26.4 Å². The lowest BCUT2D eigenvalue weighted by molar-refractivity contribution is 0.0427. The Balaban J connectivity index is 2.31. The maximum absolute atomic E-state index is 5.56. The molecule has 1 rings (SSSR count). The van der Waals surface area contributed by atoms with E-state index >= 15 is 0 Å². The van der Waals surface area contributed by atoms with Crippen molar-refractivity contribution in [3.05, 3.63) is 29.8 Å². The van der Waals surface area contributed by atoms with Crippen LogP contribution in [0.4, 0.5) is 0 Å². The topological polar surface area (TPSA) is 44.5 Å². The van der Waals surface area contributed by atoms with Gasteiger partial charge < -0.3 is 15.2 Å². The smallest absolute Gasteiger partial charge is 0.119 e. The summed E-state index contributed by atoms with van der Waals surface area (Å²) in [6, 6.07) is 7.66. The summed E-state index contributed by atoms with van der Waals surface area (Å²) in [5.41, 5.74) is 6.26. The normalized spacial score (nSPS) is 11.5. The zero-order valence-electron chi connectivity index (χ0n) is 11.1. The fourth-order valence-electron chi connectivity index (χ4n) is 1.31. The molecular weight excluding hydrogens is 226 g/mol. The predicted molar refractivity (Wildman–Crippen MR) is 73.6 cm³/mol. The molecule has 0 saturated carbocycles. The molecule has 0 bridgehead atoms. The van der Waals surface area contributed by atoms with Gasteiger partial charge in [0.1, 0.15) is 12.4 Å². The number of nitrogens with two attached hydrogens (primary N) is 1. The third-order valence-electron chi connectivity index (χ3n) is 2.52. The highest BCUT2D eigenvalue weighted by Crippen LogP contribution is 2.11. The first-order valence-corrected chi connectivity index (χ1v) is 6.29. The van der Waals surface area contributed by atoms with Crippen LogP contribution in [0.25, 0.3) is 0 Å². The van der Waals surface area contributed by atoms with Crippen molar-refractivity contribution >= 4 is 0 Å². The summed E-state index contributed by atoms with van der Waals surface area (Å²) in [7, 11) is 0. The van der Waals surface area contributed by atoms with Crippen LogP contribution in [-0.2, 0) is 4.74 Å². The Morgan fingerprint density at radius 2 is 1.94 bits per heavy atom. The third kappa shape index (κ3) is 5.72. The van der Waals surface area contributed by atoms with Crippen molar-refractivity contribution in [1.82, 2.24) is 0 Å². The minimum atomic E-state index is 0.294. The summed E-state index contributed by atoms with van der Waals surface area (Å²) in [6.45, 7) is 5.73. The van der Waals surface area contributed by atoms with Crippen LogP contribution in [0.3, 0.4) is 0 Å². The van der Waals surface area contributed by atoms with Crippen LogP contribution in [0.1, 0.15) is 25.8 Å². The van der Waals surface area contributed by atoms with Crippen LogP contribution in [0.5, 0.6) is 5.75 Å². The van der Waals surface area contributed by atoms with Gasteiger partial charge in [0.05, 0.1) is 19.3 Å². The highest BCUT2D eigenvalue weighted by atomic mass is 16.5. The van der Waals surface area contributed by atoms with Gasteiger partial charge in [0.25, 0.3) is 0 Å². The molecule has 0 fully saturated rings. The summed E-state index contributed by atoms with van der Waals surface area (Å²) < 4.78 is 11.1. The molecule has 0 radical (unpaired) electrons. The molecule has 1 aromatic carbocycles. The number of ether oxygens (including phenoxy) is 2. The van der Waals surface area contributed by atoms with E-state index in [1.54, 1.807) is 0 Å². The molecule has 0 aliphatic heterocycles. The van der Waals surface area contributed by atoms with E-state index in [0.29, 0.717) is 25.9 Å². The second-order valence-electron chi connectivity index (χ2n) is 3.97. The van der Waals surface area contributed by atoms with Gasteiger partial charge in [-0.2, -0.15) is 0 Å². The molecule has 0 heterocycles. The molecule has 0 saturated heterocycles. The molecule has 1 atom stereocenters. The number of hydrogen-bond acceptors (Lipinski definition) is 3. The molecule has 0 aliphatic rings. The van der Waals surface area contributed by atoms with Gasteiger partial charge in [-0.3, -0.25) is 0 Å². The Kier molecular flexibility index (Phi) is 6.93. The number of hydrogen-bond donors (Lipinski definition) is 1. The average Bonchev–Trinajstić information content (AvgIpc) is 2.42. The maximum Gasteiger partial charge on any atom is 0.119 e. The van der Waals surface area contributed by atoms with Gasteiger partial charge in [-0.25, -0.2) is 0 Å². The van der Waals surface area contributed by atoms with Gasteiger partial charge in [-0.15, -0.1) is 0 Å². The average molecular weight is 247 g/mol. The molecule has 3 heteroatoms. The summed E-state index contributed by atoms with van der Waals surface area (Å²) >= 11 is 0. The Labute approximate surface area is 109 Å². The van der Waals surface area contributed by atoms with E-state index in [1.807, 2.05) is 24.3 Å². The molecule has 0 aliphatic carbocycles. The van der Waals surface area contributed by atoms with Crippen LogP contribution in [-0.4, -0.2) is 25.9 Å². The van der Waals surface area contributed by atoms with Crippen molar-refractivity contribution < 1.29 is 9.47 Å². The van der Waals surface area contributed by atoms with Crippen LogP contribution < -0.4 is 10.5 Å². The SMILES string of the molecule is CCC(C)OCCOc1ccc(C#CCN)cc1. The Morgan fingerprint density at radius 1 is 1.22 bits per heavy atom. The van der Waals surface area contributed by atoms with E-state index in [0.717, 1.165) is 17.7 Å². The predicted octanol–water partition coefficient (Wildman–Crippen LogP) is 2.19. The third-order valence-corrected chi connectivity index (χ3v) is 2.52. The lowest BCUT2D eigenvalue weighted by Crippen LogP contribution is -2.13. The van der Waals surface area contributed by atoms with Gasteiger partial charge in [0.2, 0.25) is 0 Å². The molecule has 18 heavy (non-hydrogen) atoms. The van der Waals surface area contributed by atoms with Crippen molar-refractivity contribution in [3.63, 3.8) is 0 Å². The lowest BCUT2D eigenvalue weighted by atomic mass is 10.2. The van der Waals surface area contributed by atoms with E-state index in [-0.39, 0.29) is 0 Å². The molecule has 98 valence electrons. The molecule has 3 nitrogen and oxygen atoms in total. The second-order valence-corrected chi connectivity index (χ2v) is 3.97. The van der Waals surface area contributed by atoms with Crippen molar-refractivity contribution in [2.24, 2.45) is 5.73 Å². The monoisotopic (exact) mass is 247 g/mol. The number of rotatable bonds is 6. The molecule has 0 amide bonds. The fourth-order valence-corrected chi connectivity index (χ4v) is 1.31. The maximum atomic E-state index is 5.56. The van der Waals surface area contributed by atoms with E-state index < -0.39 is 0 Å². The van der Waals surface area contributed by atoms with Gasteiger partial charge in [-0.1, -0.05) is 18.8 Å². The van der Waals surface area contributed by atoms with Gasteiger partial charge >= 0.3 is 0 Å². The first-order valence-electron chi connectivity index (χ1n) is 6.29. The summed E-state index contributed by atoms with van der Waals surface area (Å²) in [6.07, 6.45) is 1.32. The first-order chi connectivity index (χ1) is 8.76. The quantitative estimate of drug-likeness (QED) is 0.619. The summed E-state index contributed by atoms with van der Waals surface area (Å²) in [5, 5.41) is 0. The molecule has 0 aromatic heterocycles. The van der Waals surface area contributed by atoms with Gasteiger partial charge in [0, 0.05) is 5.56 Å². The second kappa shape index (κ2) is 8.57. The van der Waals surface area contributed by atoms with Gasteiger partial charge in [0.15, 0.2) is 0 Å². The highest BCUT2D eigenvalue weighted by Gasteiger charge is 1.98. The largest absolute Gasteiger partial charge is 0.491 e. The van der Waals surface area contributed by atoms with Crippen LogP contribution in [0.15, 0.2) is 24.3 Å².